The average molecular weight is 164 g/mol. The highest BCUT2D eigenvalue weighted by Gasteiger charge is 2.21. The third kappa shape index (κ3) is 1.35. The van der Waals surface area contributed by atoms with Crippen LogP contribution in [-0.4, -0.2) is 0 Å². The molecule has 1 unspecified atom stereocenters. The van der Waals surface area contributed by atoms with Crippen molar-refractivity contribution in [3.05, 3.63) is 22.3 Å². The van der Waals surface area contributed by atoms with Crippen molar-refractivity contribution in [3.63, 3.8) is 0 Å². The topological polar surface area (TPSA) is 0 Å². The lowest BCUT2D eigenvalue weighted by Gasteiger charge is -2.10. The Kier molecular flexibility index (Phi) is 2.76. The second-order valence-electron chi connectivity index (χ2n) is 3.93. The van der Waals surface area contributed by atoms with E-state index in [0.29, 0.717) is 5.92 Å². The molecule has 0 N–H and O–H groups in total. The van der Waals surface area contributed by atoms with Gasteiger partial charge in [-0.25, -0.2) is 0 Å². The van der Waals surface area contributed by atoms with Crippen LogP contribution < -0.4 is 0 Å². The molecule has 0 bridgehead atoms. The Morgan fingerprint density at radius 2 is 1.67 bits per heavy atom. The van der Waals surface area contributed by atoms with E-state index in [9.17, 15) is 0 Å². The zero-order valence-electron chi connectivity index (χ0n) is 8.99. The van der Waals surface area contributed by atoms with Gasteiger partial charge in [-0.05, 0) is 44.3 Å². The Hall–Kier alpha value is -0.520. The van der Waals surface area contributed by atoms with E-state index in [4.69, 9.17) is 0 Å². The Bertz CT molecular complexity index is 241. The van der Waals surface area contributed by atoms with Gasteiger partial charge in [-0.15, -0.1) is 0 Å². The van der Waals surface area contributed by atoms with Crippen molar-refractivity contribution >= 4 is 0 Å². The minimum absolute atomic E-state index is 0.713. The number of rotatable bonds is 2. The molecule has 0 fully saturated rings. The summed E-state index contributed by atoms with van der Waals surface area (Å²) in [5, 5.41) is 0. The Morgan fingerprint density at radius 1 is 1.08 bits per heavy atom. The molecule has 1 rings (SSSR count). The summed E-state index contributed by atoms with van der Waals surface area (Å²) in [6.07, 6.45) is 2.55. The lowest BCUT2D eigenvalue weighted by molar-refractivity contribution is 0.736. The zero-order chi connectivity index (χ0) is 9.30. The fourth-order valence-electron chi connectivity index (χ4n) is 2.12. The van der Waals surface area contributed by atoms with E-state index in [2.05, 4.69) is 34.6 Å². The van der Waals surface area contributed by atoms with Crippen LogP contribution in [0.25, 0.3) is 0 Å². The number of hydrogen-bond donors (Lipinski definition) is 0. The van der Waals surface area contributed by atoms with Crippen molar-refractivity contribution in [3.8, 4) is 0 Å². The van der Waals surface area contributed by atoms with E-state index >= 15 is 0 Å². The molecule has 0 aromatic heterocycles. The van der Waals surface area contributed by atoms with Gasteiger partial charge in [-0.1, -0.05) is 31.4 Å². The molecule has 0 aromatic carbocycles. The first kappa shape index (κ1) is 9.57. The van der Waals surface area contributed by atoms with Crippen LogP contribution in [-0.2, 0) is 0 Å². The van der Waals surface area contributed by atoms with Crippen molar-refractivity contribution in [2.24, 2.45) is 5.92 Å². The third-order valence-electron chi connectivity index (χ3n) is 3.33. The summed E-state index contributed by atoms with van der Waals surface area (Å²) in [6, 6.07) is 0. The molecule has 1 aliphatic rings. The van der Waals surface area contributed by atoms with Crippen molar-refractivity contribution < 1.29 is 0 Å². The van der Waals surface area contributed by atoms with E-state index in [0.717, 1.165) is 0 Å². The fourth-order valence-corrected chi connectivity index (χ4v) is 2.12. The maximum absolute atomic E-state index is 2.33. The molecule has 0 saturated heterocycles. The summed E-state index contributed by atoms with van der Waals surface area (Å²) in [7, 11) is 0. The molecule has 0 radical (unpaired) electrons. The first-order valence-electron chi connectivity index (χ1n) is 4.97. The highest BCUT2D eigenvalue weighted by atomic mass is 14.3. The van der Waals surface area contributed by atoms with Gasteiger partial charge in [0.05, 0.1) is 0 Å². The Balaban J connectivity index is 2.92. The molecule has 0 saturated carbocycles. The van der Waals surface area contributed by atoms with E-state index in [1.807, 2.05) is 0 Å². The molecule has 1 atom stereocenters. The predicted molar refractivity (Wildman–Crippen MR) is 55.1 cm³/mol. The smallest absolute Gasteiger partial charge is 0.00126 e. The SMILES string of the molecule is CCCC1=C(C)C(C)=C(C)C1C. The Morgan fingerprint density at radius 3 is 2.00 bits per heavy atom. The molecule has 0 amide bonds. The summed E-state index contributed by atoms with van der Waals surface area (Å²) < 4.78 is 0. The molecular weight excluding hydrogens is 144 g/mol. The minimum atomic E-state index is 0.713. The van der Waals surface area contributed by atoms with Crippen LogP contribution in [0.2, 0.25) is 0 Å². The van der Waals surface area contributed by atoms with Gasteiger partial charge < -0.3 is 0 Å². The van der Waals surface area contributed by atoms with Crippen molar-refractivity contribution in [1.29, 1.82) is 0 Å². The molecule has 0 spiro atoms. The minimum Gasteiger partial charge on any atom is -0.0651 e. The monoisotopic (exact) mass is 164 g/mol. The summed E-state index contributed by atoms with van der Waals surface area (Å²) in [6.45, 7) is 11.4. The maximum atomic E-state index is 2.33. The standard InChI is InChI=1S/C12H20/c1-6-7-12-10(4)8(2)9(3)11(12)5/h10H,6-7H2,1-5H3. The highest BCUT2D eigenvalue weighted by Crippen LogP contribution is 2.38. The van der Waals surface area contributed by atoms with Gasteiger partial charge in [0.1, 0.15) is 0 Å². The average Bonchev–Trinajstić information content (AvgIpc) is 2.23. The third-order valence-corrected chi connectivity index (χ3v) is 3.33. The van der Waals surface area contributed by atoms with Gasteiger partial charge in [-0.2, -0.15) is 0 Å². The second-order valence-corrected chi connectivity index (χ2v) is 3.93. The summed E-state index contributed by atoms with van der Waals surface area (Å²) in [4.78, 5) is 0. The summed E-state index contributed by atoms with van der Waals surface area (Å²) >= 11 is 0. The summed E-state index contributed by atoms with van der Waals surface area (Å²) in [5.74, 6) is 0.713. The normalized spacial score (nSPS) is 24.2. The zero-order valence-corrected chi connectivity index (χ0v) is 8.99. The molecule has 0 heterocycles. The summed E-state index contributed by atoms with van der Waals surface area (Å²) in [5.41, 5.74) is 6.34. The molecule has 68 valence electrons. The van der Waals surface area contributed by atoms with Gasteiger partial charge in [0, 0.05) is 0 Å². The van der Waals surface area contributed by atoms with Crippen LogP contribution in [0, 0.1) is 5.92 Å². The van der Waals surface area contributed by atoms with Gasteiger partial charge in [0.2, 0.25) is 0 Å². The molecule has 0 heteroatoms. The van der Waals surface area contributed by atoms with Gasteiger partial charge in [-0.3, -0.25) is 0 Å². The quantitative estimate of drug-likeness (QED) is 0.576. The molecule has 12 heavy (non-hydrogen) atoms. The highest BCUT2D eigenvalue weighted by molar-refractivity contribution is 5.46. The van der Waals surface area contributed by atoms with Gasteiger partial charge in [0.15, 0.2) is 0 Å². The predicted octanol–water partition coefficient (Wildman–Crippen LogP) is 4.09. The van der Waals surface area contributed by atoms with Crippen LogP contribution in [0.15, 0.2) is 22.3 Å². The largest absolute Gasteiger partial charge is 0.0651 e. The molecule has 0 aliphatic heterocycles. The number of allylic oxidation sites excluding steroid dienone is 4. The first-order chi connectivity index (χ1) is 5.59. The van der Waals surface area contributed by atoms with Gasteiger partial charge in [0.25, 0.3) is 0 Å². The lowest BCUT2D eigenvalue weighted by Crippen LogP contribution is -1.96. The molecule has 1 aliphatic carbocycles. The van der Waals surface area contributed by atoms with Crippen molar-refractivity contribution in [1.82, 2.24) is 0 Å². The first-order valence-corrected chi connectivity index (χ1v) is 4.97. The van der Waals surface area contributed by atoms with E-state index in [-0.39, 0.29) is 0 Å². The fraction of sp³-hybridized carbons (Fsp3) is 0.667. The molecule has 0 aromatic rings. The van der Waals surface area contributed by atoms with E-state index < -0.39 is 0 Å². The van der Waals surface area contributed by atoms with Crippen molar-refractivity contribution in [2.75, 3.05) is 0 Å². The van der Waals surface area contributed by atoms with Crippen LogP contribution in [0.3, 0.4) is 0 Å². The molecular formula is C12H20. The van der Waals surface area contributed by atoms with Crippen LogP contribution in [0.1, 0.15) is 47.5 Å². The van der Waals surface area contributed by atoms with Gasteiger partial charge >= 0.3 is 0 Å². The van der Waals surface area contributed by atoms with E-state index in [1.54, 1.807) is 16.7 Å². The van der Waals surface area contributed by atoms with E-state index in [1.165, 1.54) is 18.4 Å². The molecule has 0 nitrogen and oxygen atoms in total. The number of hydrogen-bond acceptors (Lipinski definition) is 0. The van der Waals surface area contributed by atoms with Crippen LogP contribution in [0.4, 0.5) is 0 Å². The Labute approximate surface area is 76.4 Å². The van der Waals surface area contributed by atoms with Crippen LogP contribution in [0.5, 0.6) is 0 Å². The second kappa shape index (κ2) is 3.47. The van der Waals surface area contributed by atoms with Crippen molar-refractivity contribution in [2.45, 2.75) is 47.5 Å². The van der Waals surface area contributed by atoms with Crippen LogP contribution >= 0.6 is 0 Å². The lowest BCUT2D eigenvalue weighted by atomic mass is 9.95. The maximum Gasteiger partial charge on any atom is -0.00126 e.